The number of unbranched alkanes of at least 4 members (excludes halogenated alkanes) is 1. The number of ether oxygens (including phenoxy) is 1. The van der Waals surface area contributed by atoms with Crippen molar-refractivity contribution in [2.24, 2.45) is 0 Å². The molecule has 1 saturated heterocycles. The summed E-state index contributed by atoms with van der Waals surface area (Å²) in [5.74, 6) is -2.51. The van der Waals surface area contributed by atoms with Gasteiger partial charge in [-0.15, -0.1) is 0 Å². The molecule has 2 amide bonds. The molecule has 9 nitrogen and oxygen atoms in total. The molecule has 1 atom stereocenters. The van der Waals surface area contributed by atoms with Crippen LogP contribution < -0.4 is 10.2 Å². The molecule has 11 heteroatoms. The van der Waals surface area contributed by atoms with Gasteiger partial charge in [0, 0.05) is 20.3 Å². The Hall–Kier alpha value is -2.92. The van der Waals surface area contributed by atoms with Crippen molar-refractivity contribution >= 4 is 27.5 Å². The van der Waals surface area contributed by atoms with Gasteiger partial charge in [-0.05, 0) is 37.1 Å². The first-order chi connectivity index (χ1) is 14.3. The SMILES string of the molecule is COCCCCNC(=O)c1cccc([C@H]2N(c3ccc(F)cn3)C(=O)CS2(=O)=O)n1. The molecule has 0 unspecified atom stereocenters. The summed E-state index contributed by atoms with van der Waals surface area (Å²) < 4.78 is 43.5. The van der Waals surface area contributed by atoms with Crippen LogP contribution in [0.4, 0.5) is 10.2 Å². The van der Waals surface area contributed by atoms with Crippen molar-refractivity contribution in [3.8, 4) is 0 Å². The minimum Gasteiger partial charge on any atom is -0.385 e. The van der Waals surface area contributed by atoms with E-state index in [9.17, 15) is 22.4 Å². The van der Waals surface area contributed by atoms with Crippen molar-refractivity contribution < 1.29 is 27.1 Å². The van der Waals surface area contributed by atoms with Crippen LogP contribution in [0.5, 0.6) is 0 Å². The average Bonchev–Trinajstić information content (AvgIpc) is 2.96. The Kier molecular flexibility index (Phi) is 6.73. The smallest absolute Gasteiger partial charge is 0.269 e. The third-order valence-electron chi connectivity index (χ3n) is 4.44. The molecule has 1 N–H and O–H groups in total. The molecule has 160 valence electrons. The Labute approximate surface area is 173 Å². The monoisotopic (exact) mass is 436 g/mol. The van der Waals surface area contributed by atoms with Crippen molar-refractivity contribution in [2.75, 3.05) is 30.9 Å². The fraction of sp³-hybridized carbons (Fsp3) is 0.368. The number of carbonyl (C=O) groups excluding carboxylic acids is 2. The molecule has 1 aliphatic rings. The Morgan fingerprint density at radius 2 is 2.10 bits per heavy atom. The van der Waals surface area contributed by atoms with Gasteiger partial charge in [-0.3, -0.25) is 14.5 Å². The number of anilines is 1. The van der Waals surface area contributed by atoms with Crippen LogP contribution in [-0.2, 0) is 19.4 Å². The maximum Gasteiger partial charge on any atom is 0.269 e. The van der Waals surface area contributed by atoms with Crippen LogP contribution >= 0.6 is 0 Å². The summed E-state index contributed by atoms with van der Waals surface area (Å²) in [6, 6.07) is 6.68. The number of carbonyl (C=O) groups is 2. The summed E-state index contributed by atoms with van der Waals surface area (Å²) in [5, 5.41) is 1.27. The van der Waals surface area contributed by atoms with E-state index in [4.69, 9.17) is 4.74 Å². The van der Waals surface area contributed by atoms with Crippen LogP contribution in [0.25, 0.3) is 0 Å². The number of methoxy groups -OCH3 is 1. The molecule has 3 heterocycles. The summed E-state index contributed by atoms with van der Waals surface area (Å²) >= 11 is 0. The van der Waals surface area contributed by atoms with E-state index < -0.39 is 38.6 Å². The number of hydrogen-bond acceptors (Lipinski definition) is 7. The van der Waals surface area contributed by atoms with Gasteiger partial charge < -0.3 is 10.1 Å². The largest absolute Gasteiger partial charge is 0.385 e. The molecular weight excluding hydrogens is 415 g/mol. The van der Waals surface area contributed by atoms with E-state index in [2.05, 4.69) is 15.3 Å². The topological polar surface area (TPSA) is 119 Å². The van der Waals surface area contributed by atoms with Gasteiger partial charge in [0.1, 0.15) is 23.1 Å². The summed E-state index contributed by atoms with van der Waals surface area (Å²) in [4.78, 5) is 33.7. The standard InChI is InChI=1S/C19H21FN4O5S/c1-29-10-3-2-9-21-18(26)14-5-4-6-15(23-14)19-24(17(25)12-30(19,27)28)16-8-7-13(20)11-22-16/h4-8,11,19H,2-3,9-10,12H2,1H3,(H,21,26)/t19-/m0/s1. The Morgan fingerprint density at radius 3 is 2.80 bits per heavy atom. The predicted octanol–water partition coefficient (Wildman–Crippen LogP) is 1.23. The van der Waals surface area contributed by atoms with Gasteiger partial charge in [-0.2, -0.15) is 0 Å². The van der Waals surface area contributed by atoms with Crippen LogP contribution in [0.3, 0.4) is 0 Å². The minimum absolute atomic E-state index is 0.0118. The Balaban J connectivity index is 1.85. The van der Waals surface area contributed by atoms with Crippen molar-refractivity contribution in [2.45, 2.75) is 18.2 Å². The molecule has 2 aromatic rings. The molecule has 1 aliphatic heterocycles. The summed E-state index contributed by atoms with van der Waals surface area (Å²) in [6.45, 7) is 1.00. The number of pyridine rings is 2. The highest BCUT2D eigenvalue weighted by Gasteiger charge is 2.47. The molecule has 0 aromatic carbocycles. The van der Waals surface area contributed by atoms with E-state index in [0.29, 0.717) is 13.2 Å². The molecule has 0 aliphatic carbocycles. The van der Waals surface area contributed by atoms with Crippen LogP contribution in [0, 0.1) is 5.82 Å². The van der Waals surface area contributed by atoms with Gasteiger partial charge in [0.2, 0.25) is 5.91 Å². The number of aromatic nitrogens is 2. The number of halogens is 1. The zero-order valence-corrected chi connectivity index (χ0v) is 17.1. The number of nitrogens with one attached hydrogen (secondary N) is 1. The second kappa shape index (κ2) is 9.26. The minimum atomic E-state index is -3.93. The highest BCUT2D eigenvalue weighted by molar-refractivity contribution is 7.93. The third-order valence-corrected chi connectivity index (χ3v) is 6.23. The lowest BCUT2D eigenvalue weighted by molar-refractivity contribution is -0.115. The van der Waals surface area contributed by atoms with Gasteiger partial charge >= 0.3 is 0 Å². The van der Waals surface area contributed by atoms with E-state index in [1.54, 1.807) is 7.11 Å². The second-order valence-electron chi connectivity index (χ2n) is 6.66. The van der Waals surface area contributed by atoms with Crippen LogP contribution in [0.1, 0.15) is 34.4 Å². The number of nitrogens with zero attached hydrogens (tertiary/aromatic N) is 3. The molecule has 2 aromatic heterocycles. The van der Waals surface area contributed by atoms with E-state index in [0.717, 1.165) is 30.0 Å². The zero-order chi connectivity index (χ0) is 21.7. The van der Waals surface area contributed by atoms with E-state index in [1.807, 2.05) is 0 Å². The van der Waals surface area contributed by atoms with Crippen molar-refractivity contribution in [3.63, 3.8) is 0 Å². The first-order valence-corrected chi connectivity index (χ1v) is 10.9. The van der Waals surface area contributed by atoms with Crippen molar-refractivity contribution in [3.05, 3.63) is 53.7 Å². The van der Waals surface area contributed by atoms with Crippen molar-refractivity contribution in [1.82, 2.24) is 15.3 Å². The lowest BCUT2D eigenvalue weighted by Gasteiger charge is -2.22. The highest BCUT2D eigenvalue weighted by Crippen LogP contribution is 2.35. The fourth-order valence-electron chi connectivity index (χ4n) is 3.07. The molecule has 30 heavy (non-hydrogen) atoms. The zero-order valence-electron chi connectivity index (χ0n) is 16.2. The lowest BCUT2D eigenvalue weighted by Crippen LogP contribution is -2.31. The molecule has 0 spiro atoms. The van der Waals surface area contributed by atoms with Gasteiger partial charge in [0.25, 0.3) is 5.91 Å². The van der Waals surface area contributed by atoms with Gasteiger partial charge in [0.15, 0.2) is 15.2 Å². The highest BCUT2D eigenvalue weighted by atomic mass is 32.2. The average molecular weight is 436 g/mol. The normalized spacial score (nSPS) is 17.9. The summed E-state index contributed by atoms with van der Waals surface area (Å²) in [6.07, 6.45) is 2.40. The van der Waals surface area contributed by atoms with Gasteiger partial charge in [-0.25, -0.2) is 22.8 Å². The van der Waals surface area contributed by atoms with Gasteiger partial charge in [-0.1, -0.05) is 6.07 Å². The molecule has 1 fully saturated rings. The first-order valence-electron chi connectivity index (χ1n) is 9.23. The Bertz CT molecular complexity index is 1030. The molecule has 0 radical (unpaired) electrons. The maximum atomic E-state index is 13.2. The molecular formula is C19H21FN4O5S. The Morgan fingerprint density at radius 1 is 1.30 bits per heavy atom. The van der Waals surface area contributed by atoms with Gasteiger partial charge in [0.05, 0.1) is 11.9 Å². The van der Waals surface area contributed by atoms with Crippen molar-refractivity contribution in [1.29, 1.82) is 0 Å². The molecule has 3 rings (SSSR count). The fourth-order valence-corrected chi connectivity index (χ4v) is 4.75. The molecule has 0 saturated carbocycles. The van der Waals surface area contributed by atoms with E-state index >= 15 is 0 Å². The number of hydrogen-bond donors (Lipinski definition) is 1. The maximum absolute atomic E-state index is 13.2. The summed E-state index contributed by atoms with van der Waals surface area (Å²) in [7, 11) is -2.33. The summed E-state index contributed by atoms with van der Waals surface area (Å²) in [5.41, 5.74) is 0.0415. The quantitative estimate of drug-likeness (QED) is 0.618. The number of amides is 2. The number of rotatable bonds is 8. The van der Waals surface area contributed by atoms with Crippen LogP contribution in [0.2, 0.25) is 0 Å². The van der Waals surface area contributed by atoms with E-state index in [-0.39, 0.29) is 17.2 Å². The number of sulfone groups is 1. The lowest BCUT2D eigenvalue weighted by atomic mass is 10.2. The van der Waals surface area contributed by atoms with Crippen LogP contribution in [0.15, 0.2) is 36.5 Å². The first kappa shape index (κ1) is 21.8. The molecule has 0 bridgehead atoms. The third kappa shape index (κ3) is 4.79. The second-order valence-corrected chi connectivity index (χ2v) is 8.72. The van der Waals surface area contributed by atoms with E-state index in [1.165, 1.54) is 24.3 Å². The van der Waals surface area contributed by atoms with Crippen LogP contribution in [-0.4, -0.2) is 56.2 Å². The predicted molar refractivity (Wildman–Crippen MR) is 106 cm³/mol.